The average Bonchev–Trinajstić information content (AvgIpc) is 1.51. The minimum absolute atomic E-state index is 0.353. The van der Waals surface area contributed by atoms with Crippen LogP contribution in [0.4, 0.5) is 52.2 Å². The fourth-order valence-corrected chi connectivity index (χ4v) is 14.6. The number of rotatable bonds is 13. The van der Waals surface area contributed by atoms with Gasteiger partial charge in [-0.2, -0.15) is 0 Å². The monoisotopic (exact) mass is 1220 g/mol. The second kappa shape index (κ2) is 21.6. The first kappa shape index (κ1) is 57.4. The molecule has 0 spiro atoms. The Morgan fingerprint density at radius 3 is 1.10 bits per heavy atom. The molecule has 2 unspecified atom stereocenters. The van der Waals surface area contributed by atoms with Crippen molar-refractivity contribution in [2.24, 2.45) is 0 Å². The molecule has 0 fully saturated rings. The molecule has 12 aromatic carbocycles. The van der Waals surface area contributed by atoms with Crippen LogP contribution < -0.4 is 14.4 Å². The van der Waals surface area contributed by atoms with E-state index in [2.05, 4.69) is 39.1 Å². The Labute approximate surface area is 525 Å². The van der Waals surface area contributed by atoms with Gasteiger partial charge >= 0.3 is 0 Å². The Kier molecular flexibility index (Phi) is 13.5. The minimum Gasteiger partial charge on any atom is -0.457 e. The number of ether oxygens (including phenoxy) is 2. The van der Waals surface area contributed by atoms with E-state index in [1.165, 1.54) is 0 Å². The molecule has 3 nitrogen and oxygen atoms in total. The molecule has 0 saturated carbocycles. The molecule has 2 atom stereocenters. The second-order valence-electron chi connectivity index (χ2n) is 23.8. The Morgan fingerprint density at radius 2 is 0.685 bits per heavy atom. The number of anilines is 3. The molecular formula is C81H51F8NO2. The summed E-state index contributed by atoms with van der Waals surface area (Å²) >= 11 is 0. The van der Waals surface area contributed by atoms with Crippen LogP contribution >= 0.6 is 0 Å². The first-order valence-electron chi connectivity index (χ1n) is 29.8. The molecule has 11 heteroatoms. The maximum Gasteiger partial charge on any atom is 0.197 e. The van der Waals surface area contributed by atoms with E-state index in [-0.39, 0.29) is 0 Å². The standard InChI is InChI=1S/C81H51F8NO2/c1-5-46-22-32-52(33-23-46)91-54-36-26-48(27-37-54)80(67-44-69(82)75(86)77(88)73(67)84)63-19-11-8-14-56(63)59-40-30-50(42-65(59)80)90(71-21-13-17-61-58-16-7-10-18-62(58)79(3,4)72(61)71)51-31-41-60-57-15-9-12-20-64(57)81(66(60)43-51,68-45-70(83)76(87)78(89)74(68)85)49-28-38-55(39-29-49)92-53-34-24-47(6-2)25-35-53/h5-45H,1-2H2,3-4H3. The smallest absolute Gasteiger partial charge is 0.197 e. The van der Waals surface area contributed by atoms with Gasteiger partial charge in [0.15, 0.2) is 46.5 Å². The van der Waals surface area contributed by atoms with Crippen LogP contribution in [0.1, 0.15) is 80.6 Å². The van der Waals surface area contributed by atoms with Crippen LogP contribution in [0.15, 0.2) is 250 Å². The number of nitrogens with zero attached hydrogens (tertiary/aromatic N) is 1. The van der Waals surface area contributed by atoms with Gasteiger partial charge in [0.2, 0.25) is 0 Å². The van der Waals surface area contributed by atoms with Crippen molar-refractivity contribution in [3.63, 3.8) is 0 Å². The average molecular weight is 1220 g/mol. The van der Waals surface area contributed by atoms with Gasteiger partial charge in [0.25, 0.3) is 0 Å². The topological polar surface area (TPSA) is 21.7 Å². The zero-order chi connectivity index (χ0) is 63.5. The van der Waals surface area contributed by atoms with Gasteiger partial charge in [-0.15, -0.1) is 0 Å². The Bertz CT molecular complexity index is 4780. The van der Waals surface area contributed by atoms with Crippen molar-refractivity contribution in [1.82, 2.24) is 0 Å². The number of hydrogen-bond acceptors (Lipinski definition) is 3. The molecule has 0 N–H and O–H groups in total. The van der Waals surface area contributed by atoms with Crippen LogP contribution in [0.3, 0.4) is 0 Å². The maximum absolute atomic E-state index is 17.5. The van der Waals surface area contributed by atoms with E-state index in [1.807, 2.05) is 120 Å². The molecule has 0 bridgehead atoms. The van der Waals surface area contributed by atoms with Crippen molar-refractivity contribution >= 4 is 29.2 Å². The molecule has 3 aliphatic rings. The highest BCUT2D eigenvalue weighted by atomic mass is 19.2. The highest BCUT2D eigenvalue weighted by molar-refractivity contribution is 5.95. The fraction of sp³-hybridized carbons (Fsp3) is 0.0617. The first-order valence-corrected chi connectivity index (χ1v) is 29.8. The Balaban J connectivity index is 1.00. The zero-order valence-electron chi connectivity index (χ0n) is 49.4. The molecule has 15 rings (SSSR count). The number of halogens is 8. The predicted molar refractivity (Wildman–Crippen MR) is 346 cm³/mol. The molecule has 3 aliphatic carbocycles. The van der Waals surface area contributed by atoms with Crippen LogP contribution in [-0.4, -0.2) is 0 Å². The first-order chi connectivity index (χ1) is 44.6. The van der Waals surface area contributed by atoms with Crippen LogP contribution in [0, 0.1) is 46.5 Å². The lowest BCUT2D eigenvalue weighted by Crippen LogP contribution is -2.31. The van der Waals surface area contributed by atoms with Gasteiger partial charge in [-0.3, -0.25) is 0 Å². The molecule has 0 radical (unpaired) electrons. The lowest BCUT2D eigenvalue weighted by molar-refractivity contribution is 0.399. The summed E-state index contributed by atoms with van der Waals surface area (Å²) in [5, 5.41) is 0. The van der Waals surface area contributed by atoms with Gasteiger partial charge in [0, 0.05) is 27.9 Å². The predicted octanol–water partition coefficient (Wildman–Crippen LogP) is 22.2. The minimum atomic E-state index is -1.99. The summed E-state index contributed by atoms with van der Waals surface area (Å²) in [6.45, 7) is 11.9. The van der Waals surface area contributed by atoms with Gasteiger partial charge in [-0.1, -0.05) is 185 Å². The highest BCUT2D eigenvalue weighted by Crippen LogP contribution is 2.62. The third kappa shape index (κ3) is 8.48. The zero-order valence-corrected chi connectivity index (χ0v) is 49.4. The largest absolute Gasteiger partial charge is 0.457 e. The second-order valence-corrected chi connectivity index (χ2v) is 23.8. The van der Waals surface area contributed by atoms with Gasteiger partial charge in [-0.05, 0) is 180 Å². The van der Waals surface area contributed by atoms with Gasteiger partial charge < -0.3 is 14.4 Å². The van der Waals surface area contributed by atoms with E-state index in [1.54, 1.807) is 109 Å². The lowest BCUT2D eigenvalue weighted by atomic mass is 9.67. The molecule has 12 aromatic rings. The Hall–Kier alpha value is -11.0. The number of hydrogen-bond donors (Lipinski definition) is 0. The molecule has 0 aliphatic heterocycles. The normalized spacial score (nSPS) is 16.0. The summed E-state index contributed by atoms with van der Waals surface area (Å²) in [6, 6.07) is 69.0. The lowest BCUT2D eigenvalue weighted by Gasteiger charge is -2.37. The molecule has 92 heavy (non-hydrogen) atoms. The fourth-order valence-electron chi connectivity index (χ4n) is 14.6. The van der Waals surface area contributed by atoms with E-state index in [9.17, 15) is 0 Å². The van der Waals surface area contributed by atoms with E-state index >= 15 is 35.1 Å². The van der Waals surface area contributed by atoms with E-state index < -0.39 is 73.9 Å². The summed E-state index contributed by atoms with van der Waals surface area (Å²) in [7, 11) is 0. The van der Waals surface area contributed by atoms with Crippen molar-refractivity contribution in [3.8, 4) is 56.4 Å². The van der Waals surface area contributed by atoms with Crippen molar-refractivity contribution < 1.29 is 44.6 Å². The molecular weight excluding hydrogens is 1170 g/mol. The van der Waals surface area contributed by atoms with E-state index in [0.717, 1.165) is 45.5 Å². The van der Waals surface area contributed by atoms with Gasteiger partial charge in [0.05, 0.1) is 16.5 Å². The third-order valence-corrected chi connectivity index (χ3v) is 18.7. The quantitative estimate of drug-likeness (QED) is 0.0652. The number of fused-ring (bicyclic) bond motifs is 9. The Morgan fingerprint density at radius 1 is 0.326 bits per heavy atom. The van der Waals surface area contributed by atoms with Crippen LogP contribution in [-0.2, 0) is 16.2 Å². The SMILES string of the molecule is C=Cc1ccc(Oc2ccc(C3(c4cc(F)c(F)c(F)c4F)c4ccccc4-c4ccc(N(c5ccc6c(c5)C(c5ccc(Oc7ccc(C=C)cc7)cc5)(c5cc(F)c(F)c(F)c5F)c5ccccc5-6)c5cccc6c5C(C)(C)c5ccccc5-6)cc43)cc2)cc1. The summed E-state index contributed by atoms with van der Waals surface area (Å²) in [5.74, 6) is -12.5. The number of benzene rings is 12. The molecule has 0 amide bonds. The third-order valence-electron chi connectivity index (χ3n) is 18.7. The van der Waals surface area contributed by atoms with Gasteiger partial charge in [-0.25, -0.2) is 35.1 Å². The molecule has 448 valence electrons. The summed E-state index contributed by atoms with van der Waals surface area (Å²) in [5.41, 5.74) is 6.36. The van der Waals surface area contributed by atoms with Gasteiger partial charge in [0.1, 0.15) is 23.0 Å². The summed E-state index contributed by atoms with van der Waals surface area (Å²) in [4.78, 5) is 2.00. The van der Waals surface area contributed by atoms with E-state index in [4.69, 9.17) is 9.47 Å². The highest BCUT2D eigenvalue weighted by Gasteiger charge is 2.52. The summed E-state index contributed by atoms with van der Waals surface area (Å²) in [6.07, 6.45) is 3.41. The molecule has 0 aromatic heterocycles. The molecule has 0 saturated heterocycles. The van der Waals surface area contributed by atoms with Crippen LogP contribution in [0.2, 0.25) is 0 Å². The van der Waals surface area contributed by atoms with Crippen LogP contribution in [0.5, 0.6) is 23.0 Å². The molecule has 0 heterocycles. The van der Waals surface area contributed by atoms with Crippen molar-refractivity contribution in [3.05, 3.63) is 363 Å². The van der Waals surface area contributed by atoms with Crippen molar-refractivity contribution in [2.45, 2.75) is 30.1 Å². The summed E-state index contributed by atoms with van der Waals surface area (Å²) < 4.78 is 144. The maximum atomic E-state index is 17.5. The van der Waals surface area contributed by atoms with Crippen molar-refractivity contribution in [2.75, 3.05) is 4.90 Å². The van der Waals surface area contributed by atoms with Crippen LogP contribution in [0.25, 0.3) is 45.5 Å². The van der Waals surface area contributed by atoms with Crippen molar-refractivity contribution in [1.29, 1.82) is 0 Å². The van der Waals surface area contributed by atoms with E-state index in [0.29, 0.717) is 95.7 Å².